The largest absolute Gasteiger partial charge is 0.338 e. The standard InChI is InChI=1S/C11H8N4O4/c1-6-3-2-4-7(12-5-16)8(6)15-10(18)13-9(17)14-11(15)19/h2-4H,1H3,(H2,13,14,17,18,19). The molecule has 2 aromatic rings. The van der Waals surface area contributed by atoms with Gasteiger partial charge in [-0.15, -0.1) is 0 Å². The number of aryl methyl sites for hydroxylation is 1. The van der Waals surface area contributed by atoms with Crippen molar-refractivity contribution in [3.05, 3.63) is 55.2 Å². The van der Waals surface area contributed by atoms with Gasteiger partial charge in [0.25, 0.3) is 0 Å². The molecule has 8 heteroatoms. The van der Waals surface area contributed by atoms with Crippen LogP contribution in [0.15, 0.2) is 37.6 Å². The highest BCUT2D eigenvalue weighted by Crippen LogP contribution is 2.23. The molecule has 0 saturated heterocycles. The first-order valence-corrected chi connectivity index (χ1v) is 5.18. The first-order valence-electron chi connectivity index (χ1n) is 5.18. The van der Waals surface area contributed by atoms with E-state index in [9.17, 15) is 19.2 Å². The second kappa shape index (κ2) is 4.71. The molecule has 0 fully saturated rings. The van der Waals surface area contributed by atoms with Gasteiger partial charge in [-0.25, -0.2) is 23.7 Å². The van der Waals surface area contributed by atoms with Crippen molar-refractivity contribution >= 4 is 11.8 Å². The summed E-state index contributed by atoms with van der Waals surface area (Å²) in [5, 5.41) is 0. The molecule has 0 bridgehead atoms. The maximum absolute atomic E-state index is 11.7. The third kappa shape index (κ3) is 2.20. The quantitative estimate of drug-likeness (QED) is 0.558. The van der Waals surface area contributed by atoms with Crippen LogP contribution >= 0.6 is 0 Å². The molecule has 0 aliphatic carbocycles. The Morgan fingerprint density at radius 2 is 1.79 bits per heavy atom. The third-order valence-corrected chi connectivity index (χ3v) is 2.45. The zero-order valence-corrected chi connectivity index (χ0v) is 9.76. The van der Waals surface area contributed by atoms with E-state index in [-0.39, 0.29) is 11.4 Å². The van der Waals surface area contributed by atoms with E-state index >= 15 is 0 Å². The summed E-state index contributed by atoms with van der Waals surface area (Å²) >= 11 is 0. The van der Waals surface area contributed by atoms with Crippen LogP contribution < -0.4 is 17.1 Å². The molecule has 1 heterocycles. The highest BCUT2D eigenvalue weighted by molar-refractivity contribution is 5.64. The van der Waals surface area contributed by atoms with E-state index in [4.69, 9.17) is 0 Å². The fourth-order valence-electron chi connectivity index (χ4n) is 1.71. The number of aromatic nitrogens is 3. The molecule has 1 aromatic heterocycles. The van der Waals surface area contributed by atoms with Gasteiger partial charge in [-0.05, 0) is 18.6 Å². The smallest absolute Gasteiger partial charge is 0.258 e. The van der Waals surface area contributed by atoms with Crippen LogP contribution in [0, 0.1) is 6.92 Å². The number of para-hydroxylation sites is 1. The molecule has 0 aliphatic heterocycles. The Bertz CT molecular complexity index is 818. The third-order valence-electron chi connectivity index (χ3n) is 2.45. The number of aliphatic imine (C=N–C) groups is 1. The van der Waals surface area contributed by atoms with E-state index in [0.29, 0.717) is 10.1 Å². The molecular weight excluding hydrogens is 252 g/mol. The molecule has 0 amide bonds. The van der Waals surface area contributed by atoms with Crippen molar-refractivity contribution in [1.29, 1.82) is 0 Å². The molecule has 2 rings (SSSR count). The Kier molecular flexibility index (Phi) is 3.09. The van der Waals surface area contributed by atoms with E-state index in [2.05, 4.69) is 4.99 Å². The van der Waals surface area contributed by atoms with Crippen LogP contribution in [0.5, 0.6) is 0 Å². The minimum Gasteiger partial charge on any atom is -0.258 e. The Labute approximate surface area is 105 Å². The molecule has 0 spiro atoms. The predicted octanol–water partition coefficient (Wildman–Crippen LogP) is -0.510. The van der Waals surface area contributed by atoms with Gasteiger partial charge in [0.05, 0.1) is 5.69 Å². The molecule has 8 nitrogen and oxygen atoms in total. The number of benzene rings is 1. The van der Waals surface area contributed by atoms with Gasteiger partial charge in [0, 0.05) is 0 Å². The average Bonchev–Trinajstić information content (AvgIpc) is 2.31. The SMILES string of the molecule is Cc1cccc(N=C=O)c1-n1c(=O)[nH]c(=O)[nH]c1=O. The molecular formula is C11H8N4O4. The van der Waals surface area contributed by atoms with Crippen molar-refractivity contribution in [3.8, 4) is 5.69 Å². The molecule has 2 N–H and O–H groups in total. The van der Waals surface area contributed by atoms with Crippen molar-refractivity contribution in [2.75, 3.05) is 0 Å². The Morgan fingerprint density at radius 1 is 1.16 bits per heavy atom. The summed E-state index contributed by atoms with van der Waals surface area (Å²) in [5.41, 5.74) is -1.96. The minimum absolute atomic E-state index is 0.106. The molecule has 0 saturated carbocycles. The summed E-state index contributed by atoms with van der Waals surface area (Å²) in [5.74, 6) is 0. The molecule has 0 unspecified atom stereocenters. The molecule has 0 aliphatic rings. The monoisotopic (exact) mass is 260 g/mol. The Balaban J connectivity index is 2.95. The second-order valence-corrected chi connectivity index (χ2v) is 3.67. The van der Waals surface area contributed by atoms with Crippen LogP contribution in [0.4, 0.5) is 5.69 Å². The number of nitrogens with zero attached hydrogens (tertiary/aromatic N) is 2. The number of H-pyrrole nitrogens is 2. The summed E-state index contributed by atoms with van der Waals surface area (Å²) in [6, 6.07) is 4.69. The molecule has 96 valence electrons. The van der Waals surface area contributed by atoms with Crippen molar-refractivity contribution in [3.63, 3.8) is 0 Å². The number of isocyanates is 1. The second-order valence-electron chi connectivity index (χ2n) is 3.67. The number of hydrogen-bond donors (Lipinski definition) is 2. The van der Waals surface area contributed by atoms with Crippen LogP contribution in [0.2, 0.25) is 0 Å². The van der Waals surface area contributed by atoms with Gasteiger partial charge in [-0.1, -0.05) is 12.1 Å². The van der Waals surface area contributed by atoms with Crippen molar-refractivity contribution in [1.82, 2.24) is 14.5 Å². The van der Waals surface area contributed by atoms with Crippen LogP contribution in [-0.4, -0.2) is 20.6 Å². The number of carbonyl (C=O) groups excluding carboxylic acids is 1. The number of nitrogens with one attached hydrogen (secondary N) is 2. The molecule has 0 radical (unpaired) electrons. The van der Waals surface area contributed by atoms with Gasteiger partial charge in [0.1, 0.15) is 5.69 Å². The lowest BCUT2D eigenvalue weighted by Crippen LogP contribution is -2.42. The first-order chi connectivity index (χ1) is 9.04. The average molecular weight is 260 g/mol. The fraction of sp³-hybridized carbons (Fsp3) is 0.0909. The van der Waals surface area contributed by atoms with Gasteiger partial charge in [0.15, 0.2) is 0 Å². The maximum atomic E-state index is 11.7. The van der Waals surface area contributed by atoms with Gasteiger partial charge in [-0.3, -0.25) is 9.97 Å². The van der Waals surface area contributed by atoms with Crippen LogP contribution in [-0.2, 0) is 4.79 Å². The number of hydrogen-bond acceptors (Lipinski definition) is 5. The van der Waals surface area contributed by atoms with Gasteiger partial charge < -0.3 is 0 Å². The Morgan fingerprint density at radius 3 is 2.37 bits per heavy atom. The molecule has 1 aromatic carbocycles. The minimum atomic E-state index is -0.912. The van der Waals surface area contributed by atoms with Gasteiger partial charge in [-0.2, -0.15) is 4.99 Å². The van der Waals surface area contributed by atoms with Crippen LogP contribution in [0.25, 0.3) is 5.69 Å². The van der Waals surface area contributed by atoms with Crippen molar-refractivity contribution < 1.29 is 4.79 Å². The molecule has 19 heavy (non-hydrogen) atoms. The first kappa shape index (κ1) is 12.5. The van der Waals surface area contributed by atoms with Crippen molar-refractivity contribution in [2.45, 2.75) is 6.92 Å². The summed E-state index contributed by atoms with van der Waals surface area (Å²) in [7, 11) is 0. The predicted molar refractivity (Wildman–Crippen MR) is 65.8 cm³/mol. The van der Waals surface area contributed by atoms with E-state index in [1.54, 1.807) is 19.1 Å². The van der Waals surface area contributed by atoms with E-state index in [1.165, 1.54) is 12.1 Å². The summed E-state index contributed by atoms with van der Waals surface area (Å²) in [6.45, 7) is 1.64. The lowest BCUT2D eigenvalue weighted by Gasteiger charge is -2.08. The zero-order valence-electron chi connectivity index (χ0n) is 9.76. The highest BCUT2D eigenvalue weighted by atomic mass is 16.2. The summed E-state index contributed by atoms with van der Waals surface area (Å²) in [6.07, 6.45) is 1.35. The van der Waals surface area contributed by atoms with E-state index in [0.717, 1.165) is 0 Å². The van der Waals surface area contributed by atoms with E-state index in [1.807, 2.05) is 9.97 Å². The number of rotatable bonds is 2. The van der Waals surface area contributed by atoms with Gasteiger partial charge in [0.2, 0.25) is 6.08 Å². The normalized spacial score (nSPS) is 9.95. The Hall–Kier alpha value is -2.99. The van der Waals surface area contributed by atoms with Crippen LogP contribution in [0.1, 0.15) is 5.56 Å². The highest BCUT2D eigenvalue weighted by Gasteiger charge is 2.12. The lowest BCUT2D eigenvalue weighted by molar-refractivity contribution is 0.565. The van der Waals surface area contributed by atoms with Crippen molar-refractivity contribution in [2.24, 2.45) is 4.99 Å². The van der Waals surface area contributed by atoms with Gasteiger partial charge >= 0.3 is 17.1 Å². The lowest BCUT2D eigenvalue weighted by atomic mass is 10.1. The fourth-order valence-corrected chi connectivity index (χ4v) is 1.71. The molecule has 0 atom stereocenters. The maximum Gasteiger partial charge on any atom is 0.338 e. The summed E-state index contributed by atoms with van der Waals surface area (Å²) in [4.78, 5) is 52.1. The summed E-state index contributed by atoms with van der Waals surface area (Å²) < 4.78 is 0.701. The zero-order chi connectivity index (χ0) is 14.0. The number of aromatic amines is 2. The van der Waals surface area contributed by atoms with E-state index < -0.39 is 17.1 Å². The topological polar surface area (TPSA) is 117 Å². The van der Waals surface area contributed by atoms with Crippen LogP contribution in [0.3, 0.4) is 0 Å².